The van der Waals surface area contributed by atoms with Gasteiger partial charge in [-0.25, -0.2) is 13.2 Å². The third-order valence-corrected chi connectivity index (χ3v) is 5.62. The zero-order chi connectivity index (χ0) is 19.5. The molecular weight excluding hydrogens is 395 g/mol. The van der Waals surface area contributed by atoms with Gasteiger partial charge in [-0.3, -0.25) is 0 Å². The minimum atomic E-state index is -3.24. The van der Waals surface area contributed by atoms with Crippen LogP contribution in [0.5, 0.6) is 0 Å². The van der Waals surface area contributed by atoms with Crippen molar-refractivity contribution in [3.8, 4) is 0 Å². The summed E-state index contributed by atoms with van der Waals surface area (Å²) >= 11 is 12.0. The van der Waals surface area contributed by atoms with Crippen molar-refractivity contribution in [1.29, 1.82) is 0 Å². The predicted molar refractivity (Wildman–Crippen MR) is 105 cm³/mol. The zero-order valence-electron chi connectivity index (χ0n) is 14.6. The molecule has 2 N–H and O–H groups in total. The van der Waals surface area contributed by atoms with Crippen LogP contribution in [0.3, 0.4) is 0 Å². The molecule has 0 spiro atoms. The number of urea groups is 1. The Morgan fingerprint density at radius 3 is 2.08 bits per heavy atom. The summed E-state index contributed by atoms with van der Waals surface area (Å²) in [7, 11) is -3.24. The second kappa shape index (κ2) is 8.29. The standard InChI is InChI=1S/C18H20Cl2N2O3S/c1-11(13-4-7-15(8-5-13)26(3,24)25)21-18(23)22-12(2)16-9-6-14(19)10-17(16)20/h4-12H,1-3H3,(H2,21,22,23)/t11-,12+/m0/s1. The fraction of sp³-hybridized carbons (Fsp3) is 0.278. The maximum atomic E-state index is 12.2. The fourth-order valence-corrected chi connectivity index (χ4v) is 3.66. The van der Waals surface area contributed by atoms with Gasteiger partial charge in [0, 0.05) is 16.3 Å². The molecule has 0 unspecified atom stereocenters. The van der Waals surface area contributed by atoms with Gasteiger partial charge in [-0.05, 0) is 49.2 Å². The van der Waals surface area contributed by atoms with Crippen LogP contribution in [0.2, 0.25) is 10.0 Å². The molecule has 0 heterocycles. The van der Waals surface area contributed by atoms with E-state index >= 15 is 0 Å². The summed E-state index contributed by atoms with van der Waals surface area (Å²) in [5.74, 6) is 0. The molecule has 2 aromatic carbocycles. The lowest BCUT2D eigenvalue weighted by molar-refractivity contribution is 0.235. The third kappa shape index (κ3) is 5.37. The topological polar surface area (TPSA) is 75.3 Å². The molecular formula is C18H20Cl2N2O3S. The number of halogens is 2. The predicted octanol–water partition coefficient (Wildman–Crippen LogP) is 4.52. The second-order valence-corrected chi connectivity index (χ2v) is 8.93. The van der Waals surface area contributed by atoms with Gasteiger partial charge in [-0.1, -0.05) is 41.4 Å². The van der Waals surface area contributed by atoms with Gasteiger partial charge in [-0.15, -0.1) is 0 Å². The monoisotopic (exact) mass is 414 g/mol. The Kier molecular flexibility index (Phi) is 6.55. The summed E-state index contributed by atoms with van der Waals surface area (Å²) in [6.07, 6.45) is 1.15. The Bertz CT molecular complexity index is 899. The molecule has 26 heavy (non-hydrogen) atoms. The normalized spacial score (nSPS) is 13.7. The zero-order valence-corrected chi connectivity index (χ0v) is 16.9. The average molecular weight is 415 g/mol. The molecule has 2 amide bonds. The SMILES string of the molecule is C[C@H](NC(=O)N[C@H](C)c1ccc(Cl)cc1Cl)c1ccc(S(C)(=O)=O)cc1. The van der Waals surface area contributed by atoms with E-state index in [9.17, 15) is 13.2 Å². The highest BCUT2D eigenvalue weighted by Gasteiger charge is 2.16. The van der Waals surface area contributed by atoms with Crippen LogP contribution in [0, 0.1) is 0 Å². The maximum Gasteiger partial charge on any atom is 0.315 e. The molecule has 0 aliphatic carbocycles. The lowest BCUT2D eigenvalue weighted by atomic mass is 10.1. The first-order valence-electron chi connectivity index (χ1n) is 7.90. The van der Waals surface area contributed by atoms with E-state index in [2.05, 4.69) is 10.6 Å². The van der Waals surface area contributed by atoms with Crippen molar-refractivity contribution < 1.29 is 13.2 Å². The van der Waals surface area contributed by atoms with Crippen LogP contribution >= 0.6 is 23.2 Å². The molecule has 5 nitrogen and oxygen atoms in total. The minimum Gasteiger partial charge on any atom is -0.332 e. The highest BCUT2D eigenvalue weighted by Crippen LogP contribution is 2.26. The van der Waals surface area contributed by atoms with E-state index in [0.717, 1.165) is 17.4 Å². The van der Waals surface area contributed by atoms with Gasteiger partial charge in [0.2, 0.25) is 0 Å². The van der Waals surface area contributed by atoms with Crippen molar-refractivity contribution >= 4 is 39.1 Å². The number of benzene rings is 2. The van der Waals surface area contributed by atoms with Crippen molar-refractivity contribution in [1.82, 2.24) is 10.6 Å². The van der Waals surface area contributed by atoms with E-state index < -0.39 is 9.84 Å². The van der Waals surface area contributed by atoms with E-state index in [4.69, 9.17) is 23.2 Å². The van der Waals surface area contributed by atoms with E-state index in [1.165, 1.54) is 12.1 Å². The Balaban J connectivity index is 2.00. The van der Waals surface area contributed by atoms with Gasteiger partial charge < -0.3 is 10.6 Å². The van der Waals surface area contributed by atoms with Crippen LogP contribution in [-0.4, -0.2) is 20.7 Å². The Morgan fingerprint density at radius 2 is 1.54 bits per heavy atom. The lowest BCUT2D eigenvalue weighted by Crippen LogP contribution is -2.38. The molecule has 0 fully saturated rings. The summed E-state index contributed by atoms with van der Waals surface area (Å²) in [5.41, 5.74) is 1.56. The van der Waals surface area contributed by atoms with E-state index in [-0.39, 0.29) is 23.0 Å². The lowest BCUT2D eigenvalue weighted by Gasteiger charge is -2.19. The molecule has 140 valence electrons. The van der Waals surface area contributed by atoms with Crippen LogP contribution < -0.4 is 10.6 Å². The number of amides is 2. The summed E-state index contributed by atoms with van der Waals surface area (Å²) in [6.45, 7) is 3.63. The number of carbonyl (C=O) groups is 1. The number of hydrogen-bond acceptors (Lipinski definition) is 3. The molecule has 2 aromatic rings. The number of rotatable bonds is 5. The molecule has 0 aromatic heterocycles. The number of sulfone groups is 1. The quantitative estimate of drug-likeness (QED) is 0.754. The van der Waals surface area contributed by atoms with Gasteiger partial charge in [0.05, 0.1) is 17.0 Å². The van der Waals surface area contributed by atoms with Crippen molar-refractivity contribution in [3.63, 3.8) is 0 Å². The highest BCUT2D eigenvalue weighted by molar-refractivity contribution is 7.90. The molecule has 8 heteroatoms. The highest BCUT2D eigenvalue weighted by atomic mass is 35.5. The molecule has 0 saturated carbocycles. The molecule has 0 saturated heterocycles. The largest absolute Gasteiger partial charge is 0.332 e. The Morgan fingerprint density at radius 1 is 0.962 bits per heavy atom. The molecule has 0 aliphatic heterocycles. The van der Waals surface area contributed by atoms with Crippen molar-refractivity contribution in [2.45, 2.75) is 30.8 Å². The average Bonchev–Trinajstić information content (AvgIpc) is 2.53. The molecule has 0 aliphatic rings. The number of carbonyl (C=O) groups excluding carboxylic acids is 1. The Hall–Kier alpha value is -1.76. The van der Waals surface area contributed by atoms with Gasteiger partial charge in [0.25, 0.3) is 0 Å². The first-order valence-corrected chi connectivity index (χ1v) is 10.5. The van der Waals surface area contributed by atoms with Crippen LogP contribution in [0.15, 0.2) is 47.4 Å². The van der Waals surface area contributed by atoms with Crippen molar-refractivity contribution in [3.05, 3.63) is 63.6 Å². The molecule has 0 radical (unpaired) electrons. The maximum absolute atomic E-state index is 12.2. The van der Waals surface area contributed by atoms with Gasteiger partial charge in [-0.2, -0.15) is 0 Å². The van der Waals surface area contributed by atoms with E-state index in [1.54, 1.807) is 30.3 Å². The summed E-state index contributed by atoms with van der Waals surface area (Å²) in [5, 5.41) is 6.65. The summed E-state index contributed by atoms with van der Waals surface area (Å²) < 4.78 is 23.0. The smallest absolute Gasteiger partial charge is 0.315 e. The van der Waals surface area contributed by atoms with Gasteiger partial charge in [0.15, 0.2) is 9.84 Å². The number of hydrogen-bond donors (Lipinski definition) is 2. The van der Waals surface area contributed by atoms with Gasteiger partial charge >= 0.3 is 6.03 Å². The van der Waals surface area contributed by atoms with Crippen LogP contribution in [0.1, 0.15) is 37.1 Å². The fourth-order valence-electron chi connectivity index (χ4n) is 2.45. The third-order valence-electron chi connectivity index (χ3n) is 3.93. The van der Waals surface area contributed by atoms with E-state index in [1.807, 2.05) is 13.8 Å². The summed E-state index contributed by atoms with van der Waals surface area (Å²) in [4.78, 5) is 12.5. The molecule has 2 atom stereocenters. The van der Waals surface area contributed by atoms with E-state index in [0.29, 0.717) is 10.0 Å². The second-order valence-electron chi connectivity index (χ2n) is 6.07. The first-order chi connectivity index (χ1) is 12.1. The molecule has 0 bridgehead atoms. The molecule has 2 rings (SSSR count). The number of nitrogens with one attached hydrogen (secondary N) is 2. The van der Waals surface area contributed by atoms with Crippen LogP contribution in [0.25, 0.3) is 0 Å². The Labute approximate surface area is 163 Å². The van der Waals surface area contributed by atoms with Crippen molar-refractivity contribution in [2.24, 2.45) is 0 Å². The van der Waals surface area contributed by atoms with Crippen LogP contribution in [0.4, 0.5) is 4.79 Å². The first kappa shape index (κ1) is 20.6. The van der Waals surface area contributed by atoms with Crippen molar-refractivity contribution in [2.75, 3.05) is 6.26 Å². The summed E-state index contributed by atoms with van der Waals surface area (Å²) in [6, 6.07) is 10.6. The van der Waals surface area contributed by atoms with Crippen LogP contribution in [-0.2, 0) is 9.84 Å². The minimum absolute atomic E-state index is 0.240. The van der Waals surface area contributed by atoms with Gasteiger partial charge in [0.1, 0.15) is 0 Å².